The second-order valence-corrected chi connectivity index (χ2v) is 18.2. The minimum atomic E-state index is -0.758. The van der Waals surface area contributed by atoms with Crippen LogP contribution in [0.25, 0.3) is 0 Å². The van der Waals surface area contributed by atoms with E-state index in [0.29, 0.717) is 19.3 Å². The summed E-state index contributed by atoms with van der Waals surface area (Å²) in [4.78, 5) is 37.2. The summed E-state index contributed by atoms with van der Waals surface area (Å²) < 4.78 is 16.5. The van der Waals surface area contributed by atoms with E-state index >= 15 is 0 Å². The first-order chi connectivity index (χ1) is 30.0. The maximum Gasteiger partial charge on any atom is 0.306 e. The van der Waals surface area contributed by atoms with Gasteiger partial charge in [0, 0.05) is 19.3 Å². The molecule has 0 aromatic rings. The molecule has 6 nitrogen and oxygen atoms in total. The molecule has 0 saturated heterocycles. The summed E-state index contributed by atoms with van der Waals surface area (Å²) in [6.07, 6.45) is 58.6. The number of ether oxygens (including phenoxy) is 3. The molecule has 0 aliphatic heterocycles. The number of carbonyl (C=O) groups excluding carboxylic acids is 3. The van der Waals surface area contributed by atoms with Crippen LogP contribution in [0.4, 0.5) is 0 Å². The van der Waals surface area contributed by atoms with Gasteiger partial charge in [-0.1, -0.05) is 244 Å². The molecule has 61 heavy (non-hydrogen) atoms. The van der Waals surface area contributed by atoms with Crippen LogP contribution < -0.4 is 0 Å². The lowest BCUT2D eigenvalue weighted by Gasteiger charge is -2.18. The van der Waals surface area contributed by atoms with E-state index in [2.05, 4.69) is 45.1 Å². The second-order valence-electron chi connectivity index (χ2n) is 18.2. The van der Waals surface area contributed by atoms with Gasteiger partial charge in [-0.15, -0.1) is 0 Å². The molecule has 0 aromatic heterocycles. The lowest BCUT2D eigenvalue weighted by atomic mass is 10.0. The quantitative estimate of drug-likeness (QED) is 0.0262. The van der Waals surface area contributed by atoms with Crippen molar-refractivity contribution in [3.63, 3.8) is 0 Å². The molecular formula is C55H102O6. The Balaban J connectivity index is 3.69. The van der Waals surface area contributed by atoms with Gasteiger partial charge < -0.3 is 14.2 Å². The van der Waals surface area contributed by atoms with Gasteiger partial charge in [-0.2, -0.15) is 0 Å². The summed E-state index contributed by atoms with van der Waals surface area (Å²) in [7, 11) is 0. The van der Waals surface area contributed by atoms with Crippen molar-refractivity contribution in [3.8, 4) is 0 Å². The molecule has 1 atom stereocenters. The second kappa shape index (κ2) is 50.5. The highest BCUT2D eigenvalue weighted by Gasteiger charge is 2.19. The lowest BCUT2D eigenvalue weighted by molar-refractivity contribution is -0.167. The van der Waals surface area contributed by atoms with Crippen LogP contribution in [-0.2, 0) is 28.6 Å². The molecule has 0 radical (unpaired) electrons. The molecule has 0 aromatic carbocycles. The standard InChI is InChI=1S/C55H102O6/c1-4-7-10-13-14-15-16-17-18-19-20-21-22-23-24-25-26-27-28-29-30-31-32-33-34-35-36-37-38-39-40-43-45-48-54(57)60-51-52(61-55(58)49-46-42-12-9-6-3)50-59-53(56)47-44-41-11-8-5-2/h16-17,19-20,52H,4-15,18,21-51H2,1-3H3/b17-16-,20-19-. The van der Waals surface area contributed by atoms with Gasteiger partial charge in [-0.25, -0.2) is 0 Å². The van der Waals surface area contributed by atoms with E-state index in [1.165, 1.54) is 173 Å². The summed E-state index contributed by atoms with van der Waals surface area (Å²) in [5.74, 6) is -0.888. The Labute approximate surface area is 379 Å². The molecule has 0 saturated carbocycles. The van der Waals surface area contributed by atoms with E-state index in [9.17, 15) is 14.4 Å². The maximum atomic E-state index is 12.5. The van der Waals surface area contributed by atoms with Crippen LogP contribution in [-0.4, -0.2) is 37.2 Å². The fourth-order valence-corrected chi connectivity index (χ4v) is 7.89. The van der Waals surface area contributed by atoms with E-state index in [0.717, 1.165) is 77.0 Å². The molecule has 1 unspecified atom stereocenters. The van der Waals surface area contributed by atoms with Crippen LogP contribution in [0.2, 0.25) is 0 Å². The van der Waals surface area contributed by atoms with Crippen LogP contribution in [0.5, 0.6) is 0 Å². The Bertz CT molecular complexity index is 989. The van der Waals surface area contributed by atoms with E-state index in [4.69, 9.17) is 14.2 Å². The van der Waals surface area contributed by atoms with Crippen molar-refractivity contribution in [2.45, 2.75) is 297 Å². The maximum absolute atomic E-state index is 12.5. The Morgan fingerprint density at radius 2 is 0.590 bits per heavy atom. The molecule has 0 amide bonds. The Morgan fingerprint density at radius 3 is 0.902 bits per heavy atom. The molecule has 0 bridgehead atoms. The Hall–Kier alpha value is -2.11. The van der Waals surface area contributed by atoms with Gasteiger partial charge in [0.05, 0.1) is 0 Å². The number of rotatable bonds is 49. The zero-order chi connectivity index (χ0) is 44.4. The van der Waals surface area contributed by atoms with Gasteiger partial charge in [0.15, 0.2) is 6.10 Å². The highest BCUT2D eigenvalue weighted by Crippen LogP contribution is 2.17. The van der Waals surface area contributed by atoms with Crippen LogP contribution in [0, 0.1) is 0 Å². The molecule has 0 rings (SSSR count). The number of carbonyl (C=O) groups is 3. The monoisotopic (exact) mass is 859 g/mol. The smallest absolute Gasteiger partial charge is 0.306 e. The molecule has 358 valence electrons. The Kier molecular flexibility index (Phi) is 48.8. The van der Waals surface area contributed by atoms with Crippen LogP contribution >= 0.6 is 0 Å². The van der Waals surface area contributed by atoms with Gasteiger partial charge >= 0.3 is 17.9 Å². The molecule has 0 fully saturated rings. The number of hydrogen-bond donors (Lipinski definition) is 0. The fourth-order valence-electron chi connectivity index (χ4n) is 7.89. The largest absolute Gasteiger partial charge is 0.462 e. The number of hydrogen-bond acceptors (Lipinski definition) is 6. The highest BCUT2D eigenvalue weighted by molar-refractivity contribution is 5.71. The normalized spacial score (nSPS) is 12.1. The van der Waals surface area contributed by atoms with Gasteiger partial charge in [-0.05, 0) is 51.4 Å². The van der Waals surface area contributed by atoms with Crippen molar-refractivity contribution >= 4 is 17.9 Å². The van der Waals surface area contributed by atoms with Crippen molar-refractivity contribution < 1.29 is 28.6 Å². The first-order valence-corrected chi connectivity index (χ1v) is 26.8. The number of esters is 3. The molecule has 0 N–H and O–H groups in total. The molecule has 0 aliphatic carbocycles. The predicted octanol–water partition coefficient (Wildman–Crippen LogP) is 17.5. The van der Waals surface area contributed by atoms with E-state index in [-0.39, 0.29) is 31.1 Å². The lowest BCUT2D eigenvalue weighted by Crippen LogP contribution is -2.30. The van der Waals surface area contributed by atoms with Crippen molar-refractivity contribution in [2.75, 3.05) is 13.2 Å². The average molecular weight is 859 g/mol. The third kappa shape index (κ3) is 48.8. The van der Waals surface area contributed by atoms with Crippen LogP contribution in [0.15, 0.2) is 24.3 Å². The van der Waals surface area contributed by atoms with E-state index < -0.39 is 6.10 Å². The SMILES string of the molecule is CCCCCCC/C=C\C/C=C\CCCCCCCCCCCCCCCCCCCCCCCC(=O)OCC(COC(=O)CCCCCCC)OC(=O)CCCCCCC. The number of unbranched alkanes of at least 4 members (excludes halogenated alkanes) is 34. The molecule has 0 spiro atoms. The summed E-state index contributed by atoms with van der Waals surface area (Å²) in [6.45, 7) is 6.47. The first kappa shape index (κ1) is 58.9. The fraction of sp³-hybridized carbons (Fsp3) is 0.873. The topological polar surface area (TPSA) is 78.9 Å². The zero-order valence-corrected chi connectivity index (χ0v) is 40.9. The van der Waals surface area contributed by atoms with Gasteiger partial charge in [-0.3, -0.25) is 14.4 Å². The van der Waals surface area contributed by atoms with Crippen LogP contribution in [0.1, 0.15) is 290 Å². The summed E-state index contributed by atoms with van der Waals surface area (Å²) in [5.41, 5.74) is 0. The minimum Gasteiger partial charge on any atom is -0.462 e. The molecule has 0 heterocycles. The van der Waals surface area contributed by atoms with Crippen molar-refractivity contribution in [1.29, 1.82) is 0 Å². The highest BCUT2D eigenvalue weighted by atomic mass is 16.6. The zero-order valence-electron chi connectivity index (χ0n) is 40.9. The van der Waals surface area contributed by atoms with Gasteiger partial charge in [0.2, 0.25) is 0 Å². The summed E-state index contributed by atoms with van der Waals surface area (Å²) >= 11 is 0. The van der Waals surface area contributed by atoms with Crippen molar-refractivity contribution in [3.05, 3.63) is 24.3 Å². The van der Waals surface area contributed by atoms with E-state index in [1.807, 2.05) is 0 Å². The van der Waals surface area contributed by atoms with Gasteiger partial charge in [0.1, 0.15) is 13.2 Å². The Morgan fingerprint density at radius 1 is 0.328 bits per heavy atom. The predicted molar refractivity (Wildman–Crippen MR) is 261 cm³/mol. The number of allylic oxidation sites excluding steroid dienone is 4. The molecule has 0 aliphatic rings. The third-order valence-corrected chi connectivity index (χ3v) is 12.0. The van der Waals surface area contributed by atoms with Crippen molar-refractivity contribution in [1.82, 2.24) is 0 Å². The van der Waals surface area contributed by atoms with Crippen LogP contribution in [0.3, 0.4) is 0 Å². The third-order valence-electron chi connectivity index (χ3n) is 12.0. The van der Waals surface area contributed by atoms with Crippen molar-refractivity contribution in [2.24, 2.45) is 0 Å². The van der Waals surface area contributed by atoms with E-state index in [1.54, 1.807) is 0 Å². The summed E-state index contributed by atoms with van der Waals surface area (Å²) in [6, 6.07) is 0. The summed E-state index contributed by atoms with van der Waals surface area (Å²) in [5, 5.41) is 0. The minimum absolute atomic E-state index is 0.0680. The first-order valence-electron chi connectivity index (χ1n) is 26.8. The average Bonchev–Trinajstić information content (AvgIpc) is 3.26. The molecule has 6 heteroatoms. The molecular weight excluding hydrogens is 757 g/mol. The van der Waals surface area contributed by atoms with Gasteiger partial charge in [0.25, 0.3) is 0 Å².